The molecule has 1 aromatic rings. The van der Waals surface area contributed by atoms with Gasteiger partial charge in [0.15, 0.2) is 0 Å². The van der Waals surface area contributed by atoms with Gasteiger partial charge in [0, 0.05) is 12.2 Å². The minimum Gasteiger partial charge on any atom is -0.388 e. The van der Waals surface area contributed by atoms with Gasteiger partial charge in [-0.2, -0.15) is 0 Å². The summed E-state index contributed by atoms with van der Waals surface area (Å²) < 4.78 is 0. The van der Waals surface area contributed by atoms with Gasteiger partial charge >= 0.3 is 0 Å². The summed E-state index contributed by atoms with van der Waals surface area (Å²) in [5, 5.41) is 3.39. The lowest BCUT2D eigenvalue weighted by atomic mass is 9.87. The van der Waals surface area contributed by atoms with E-state index in [2.05, 4.69) is 29.1 Å². The topological polar surface area (TPSA) is 63.8 Å². The Morgan fingerprint density at radius 2 is 2.35 bits per heavy atom. The predicted molar refractivity (Wildman–Crippen MR) is 73.0 cm³/mol. The smallest absolute Gasteiger partial charge is 0.223 e. The molecule has 0 aliphatic heterocycles. The Morgan fingerprint density at radius 3 is 2.94 bits per heavy atom. The van der Waals surface area contributed by atoms with E-state index in [1.807, 2.05) is 0 Å². The number of anilines is 1. The summed E-state index contributed by atoms with van der Waals surface area (Å²) in [5.74, 6) is 0.621. The molecule has 1 aromatic heterocycles. The quantitative estimate of drug-likeness (QED) is 0.804. The van der Waals surface area contributed by atoms with E-state index in [1.165, 1.54) is 12.8 Å². The summed E-state index contributed by atoms with van der Waals surface area (Å²) >= 11 is 4.91. The van der Waals surface area contributed by atoms with Gasteiger partial charge in [-0.15, -0.1) is 0 Å². The molecule has 5 heteroatoms. The van der Waals surface area contributed by atoms with Crippen LogP contribution in [0.1, 0.15) is 38.8 Å². The molecule has 0 amide bonds. The van der Waals surface area contributed by atoms with Gasteiger partial charge in [0.2, 0.25) is 5.95 Å². The molecule has 1 atom stereocenters. The molecule has 1 saturated carbocycles. The summed E-state index contributed by atoms with van der Waals surface area (Å²) in [5.41, 5.74) is 6.47. The number of aromatic nitrogens is 2. The average molecular weight is 250 g/mol. The lowest BCUT2D eigenvalue weighted by Crippen LogP contribution is -2.31. The molecule has 0 bridgehead atoms. The standard InChI is InChI=1S/C12H18N4S/c1-12(2)6-3-4-9(12)16-11-14-7-5-8(15-11)10(13)17/h5,7,9H,3-4,6H2,1-2H3,(H2,13,17)(H,14,15,16). The monoisotopic (exact) mass is 250 g/mol. The first kappa shape index (κ1) is 12.2. The van der Waals surface area contributed by atoms with Crippen molar-refractivity contribution in [1.82, 2.24) is 9.97 Å². The molecule has 17 heavy (non-hydrogen) atoms. The largest absolute Gasteiger partial charge is 0.388 e. The van der Waals surface area contributed by atoms with Gasteiger partial charge < -0.3 is 11.1 Å². The molecule has 0 aromatic carbocycles. The number of rotatable bonds is 3. The zero-order valence-electron chi connectivity index (χ0n) is 10.2. The second-order valence-corrected chi connectivity index (χ2v) is 5.65. The molecular formula is C12H18N4S. The van der Waals surface area contributed by atoms with E-state index in [0.717, 1.165) is 6.42 Å². The molecule has 0 saturated heterocycles. The zero-order chi connectivity index (χ0) is 12.5. The van der Waals surface area contributed by atoms with Crippen molar-refractivity contribution in [2.45, 2.75) is 39.2 Å². The second-order valence-electron chi connectivity index (χ2n) is 5.21. The van der Waals surface area contributed by atoms with Crippen molar-refractivity contribution in [2.24, 2.45) is 11.1 Å². The third-order valence-corrected chi connectivity index (χ3v) is 3.68. The van der Waals surface area contributed by atoms with E-state index in [1.54, 1.807) is 12.3 Å². The number of nitrogens with one attached hydrogen (secondary N) is 1. The van der Waals surface area contributed by atoms with Gasteiger partial charge in [-0.25, -0.2) is 9.97 Å². The lowest BCUT2D eigenvalue weighted by Gasteiger charge is -2.27. The number of hydrogen-bond donors (Lipinski definition) is 2. The van der Waals surface area contributed by atoms with Crippen molar-refractivity contribution in [1.29, 1.82) is 0 Å². The van der Waals surface area contributed by atoms with Gasteiger partial charge in [0.1, 0.15) is 10.7 Å². The maximum atomic E-state index is 5.56. The second kappa shape index (κ2) is 4.56. The zero-order valence-corrected chi connectivity index (χ0v) is 11.0. The van der Waals surface area contributed by atoms with Crippen LogP contribution in [-0.2, 0) is 0 Å². The molecule has 1 heterocycles. The van der Waals surface area contributed by atoms with E-state index in [-0.39, 0.29) is 0 Å². The van der Waals surface area contributed by atoms with Crippen molar-refractivity contribution < 1.29 is 0 Å². The van der Waals surface area contributed by atoms with E-state index >= 15 is 0 Å². The van der Waals surface area contributed by atoms with Crippen LogP contribution in [0.4, 0.5) is 5.95 Å². The number of nitrogens with two attached hydrogens (primary N) is 1. The first-order chi connectivity index (χ1) is 7.99. The van der Waals surface area contributed by atoms with Crippen molar-refractivity contribution in [3.63, 3.8) is 0 Å². The normalized spacial score (nSPS) is 22.4. The van der Waals surface area contributed by atoms with Crippen molar-refractivity contribution in [3.05, 3.63) is 18.0 Å². The molecule has 2 rings (SSSR count). The van der Waals surface area contributed by atoms with E-state index in [9.17, 15) is 0 Å². The van der Waals surface area contributed by atoms with E-state index < -0.39 is 0 Å². The van der Waals surface area contributed by atoms with Crippen LogP contribution in [0, 0.1) is 5.41 Å². The number of nitrogens with zero attached hydrogens (tertiary/aromatic N) is 2. The Kier molecular flexibility index (Phi) is 3.28. The van der Waals surface area contributed by atoms with Crippen molar-refractivity contribution >= 4 is 23.2 Å². The molecule has 0 spiro atoms. The Morgan fingerprint density at radius 1 is 1.59 bits per heavy atom. The summed E-state index contributed by atoms with van der Waals surface area (Å²) in [6.07, 6.45) is 5.33. The van der Waals surface area contributed by atoms with Gasteiger partial charge in [-0.1, -0.05) is 32.5 Å². The van der Waals surface area contributed by atoms with Crippen LogP contribution in [-0.4, -0.2) is 21.0 Å². The highest BCUT2D eigenvalue weighted by atomic mass is 32.1. The highest BCUT2D eigenvalue weighted by Crippen LogP contribution is 2.38. The minimum absolute atomic E-state index is 0.294. The fraction of sp³-hybridized carbons (Fsp3) is 0.583. The number of thiocarbonyl (C=S) groups is 1. The van der Waals surface area contributed by atoms with Crippen LogP contribution in [0.25, 0.3) is 0 Å². The first-order valence-electron chi connectivity index (χ1n) is 5.88. The predicted octanol–water partition coefficient (Wildman–Crippen LogP) is 2.10. The van der Waals surface area contributed by atoms with Gasteiger partial charge in [-0.3, -0.25) is 0 Å². The SMILES string of the molecule is CC1(C)CCCC1Nc1nccc(C(N)=S)n1. The molecule has 4 nitrogen and oxygen atoms in total. The highest BCUT2D eigenvalue weighted by molar-refractivity contribution is 7.80. The molecule has 0 radical (unpaired) electrons. The van der Waals surface area contributed by atoms with Gasteiger partial charge in [-0.05, 0) is 24.3 Å². The lowest BCUT2D eigenvalue weighted by molar-refractivity contribution is 0.349. The fourth-order valence-corrected chi connectivity index (χ4v) is 2.43. The van der Waals surface area contributed by atoms with Crippen LogP contribution in [0.15, 0.2) is 12.3 Å². The fourth-order valence-electron chi connectivity index (χ4n) is 2.32. The minimum atomic E-state index is 0.294. The summed E-state index contributed by atoms with van der Waals surface area (Å²) in [6, 6.07) is 2.15. The maximum absolute atomic E-state index is 5.56. The molecule has 3 N–H and O–H groups in total. The molecule has 1 aliphatic rings. The van der Waals surface area contributed by atoms with E-state index in [4.69, 9.17) is 18.0 Å². The molecular weight excluding hydrogens is 232 g/mol. The van der Waals surface area contributed by atoms with Crippen LogP contribution >= 0.6 is 12.2 Å². The molecule has 1 aliphatic carbocycles. The third kappa shape index (κ3) is 2.72. The Balaban J connectivity index is 2.13. The highest BCUT2D eigenvalue weighted by Gasteiger charge is 2.34. The molecule has 1 fully saturated rings. The van der Waals surface area contributed by atoms with Crippen LogP contribution in [0.5, 0.6) is 0 Å². The Hall–Kier alpha value is -1.23. The van der Waals surface area contributed by atoms with Gasteiger partial charge in [0.25, 0.3) is 0 Å². The van der Waals surface area contributed by atoms with Crippen LogP contribution in [0.2, 0.25) is 0 Å². The Bertz CT molecular complexity index is 430. The van der Waals surface area contributed by atoms with Crippen molar-refractivity contribution in [3.8, 4) is 0 Å². The summed E-state index contributed by atoms with van der Waals surface area (Å²) in [7, 11) is 0. The number of hydrogen-bond acceptors (Lipinski definition) is 4. The van der Waals surface area contributed by atoms with Crippen LogP contribution in [0.3, 0.4) is 0 Å². The Labute approximate surface area is 107 Å². The molecule has 1 unspecified atom stereocenters. The summed E-state index contributed by atoms with van der Waals surface area (Å²) in [4.78, 5) is 8.83. The maximum Gasteiger partial charge on any atom is 0.223 e. The first-order valence-corrected chi connectivity index (χ1v) is 6.29. The third-order valence-electron chi connectivity index (χ3n) is 3.47. The molecule has 92 valence electrons. The van der Waals surface area contributed by atoms with E-state index in [0.29, 0.717) is 28.1 Å². The van der Waals surface area contributed by atoms with Crippen LogP contribution < -0.4 is 11.1 Å². The average Bonchev–Trinajstić information content (AvgIpc) is 2.59. The summed E-state index contributed by atoms with van der Waals surface area (Å²) in [6.45, 7) is 4.55. The van der Waals surface area contributed by atoms with Gasteiger partial charge in [0.05, 0.1) is 0 Å². The van der Waals surface area contributed by atoms with Crippen molar-refractivity contribution in [2.75, 3.05) is 5.32 Å².